The van der Waals surface area contributed by atoms with Crippen LogP contribution in [0.1, 0.15) is 27.7 Å². The van der Waals surface area contributed by atoms with Gasteiger partial charge in [0.2, 0.25) is 17.7 Å². The minimum atomic E-state index is -0.222. The van der Waals surface area contributed by atoms with Crippen LogP contribution >= 0.6 is 0 Å². The van der Waals surface area contributed by atoms with Gasteiger partial charge in [-0.25, -0.2) is 0 Å². The molecule has 7 nitrogen and oxygen atoms in total. The lowest BCUT2D eigenvalue weighted by molar-refractivity contribution is -0.137. The second-order valence-electron chi connectivity index (χ2n) is 6.63. The van der Waals surface area contributed by atoms with E-state index >= 15 is 0 Å². The molecule has 1 aliphatic heterocycles. The first-order chi connectivity index (χ1) is 12.3. The summed E-state index contributed by atoms with van der Waals surface area (Å²) in [6.07, 6.45) is -0.0414. The van der Waals surface area contributed by atoms with Crippen LogP contribution in [0, 0.1) is 0 Å². The Balaban J connectivity index is 2.11. The topological polar surface area (TPSA) is 70.2 Å². The molecule has 0 unspecified atom stereocenters. The molecule has 0 aliphatic carbocycles. The van der Waals surface area contributed by atoms with Crippen molar-refractivity contribution < 1.29 is 19.1 Å². The van der Waals surface area contributed by atoms with E-state index in [0.29, 0.717) is 37.6 Å². The summed E-state index contributed by atoms with van der Waals surface area (Å²) in [7, 11) is 0. The van der Waals surface area contributed by atoms with Crippen molar-refractivity contribution >= 4 is 23.4 Å². The monoisotopic (exact) mass is 361 g/mol. The largest absolute Gasteiger partial charge is 0.489 e. The van der Waals surface area contributed by atoms with Gasteiger partial charge in [-0.1, -0.05) is 12.1 Å². The molecule has 1 saturated heterocycles. The van der Waals surface area contributed by atoms with Crippen molar-refractivity contribution in [2.75, 3.05) is 37.6 Å². The molecule has 0 aromatic heterocycles. The predicted molar refractivity (Wildman–Crippen MR) is 99.1 cm³/mol. The second-order valence-corrected chi connectivity index (χ2v) is 6.63. The fraction of sp³-hybridized carbons (Fsp3) is 0.526. The Morgan fingerprint density at radius 1 is 1.04 bits per heavy atom. The van der Waals surface area contributed by atoms with Crippen LogP contribution in [0.15, 0.2) is 24.3 Å². The van der Waals surface area contributed by atoms with Gasteiger partial charge >= 0.3 is 0 Å². The Labute approximate surface area is 154 Å². The fourth-order valence-electron chi connectivity index (χ4n) is 2.91. The smallest absolute Gasteiger partial charge is 0.242 e. The molecule has 0 radical (unpaired) electrons. The van der Waals surface area contributed by atoms with Crippen LogP contribution in [0.4, 0.5) is 5.69 Å². The first kappa shape index (κ1) is 19.8. The molecule has 2 rings (SSSR count). The van der Waals surface area contributed by atoms with E-state index < -0.39 is 0 Å². The van der Waals surface area contributed by atoms with Gasteiger partial charge in [-0.2, -0.15) is 0 Å². The summed E-state index contributed by atoms with van der Waals surface area (Å²) in [5.41, 5.74) is 0.587. The number of ether oxygens (including phenoxy) is 1. The first-order valence-corrected chi connectivity index (χ1v) is 8.86. The molecule has 0 atom stereocenters. The van der Waals surface area contributed by atoms with Crippen LogP contribution in [-0.2, 0) is 14.4 Å². The molecule has 7 heteroatoms. The van der Waals surface area contributed by atoms with Crippen molar-refractivity contribution in [1.82, 2.24) is 9.80 Å². The maximum atomic E-state index is 12.7. The van der Waals surface area contributed by atoms with E-state index in [0.717, 1.165) is 0 Å². The highest BCUT2D eigenvalue weighted by atomic mass is 16.5. The van der Waals surface area contributed by atoms with Gasteiger partial charge in [0, 0.05) is 40.0 Å². The molecular formula is C19H27N3O4. The third-order valence-electron chi connectivity index (χ3n) is 4.27. The third-order valence-corrected chi connectivity index (χ3v) is 4.27. The molecule has 1 fully saturated rings. The predicted octanol–water partition coefficient (Wildman–Crippen LogP) is 1.52. The number of para-hydroxylation sites is 2. The number of rotatable bonds is 5. The summed E-state index contributed by atoms with van der Waals surface area (Å²) >= 11 is 0. The first-order valence-electron chi connectivity index (χ1n) is 8.86. The maximum Gasteiger partial charge on any atom is 0.242 e. The van der Waals surface area contributed by atoms with Crippen molar-refractivity contribution in [2.24, 2.45) is 0 Å². The molecular weight excluding hydrogens is 334 g/mol. The highest BCUT2D eigenvalue weighted by Crippen LogP contribution is 2.29. The van der Waals surface area contributed by atoms with Gasteiger partial charge in [-0.05, 0) is 26.0 Å². The average Bonchev–Trinajstić information content (AvgIpc) is 2.59. The summed E-state index contributed by atoms with van der Waals surface area (Å²) in [6, 6.07) is 7.22. The molecule has 0 saturated carbocycles. The van der Waals surface area contributed by atoms with E-state index in [1.54, 1.807) is 21.9 Å². The van der Waals surface area contributed by atoms with Crippen molar-refractivity contribution in [1.29, 1.82) is 0 Å². The Morgan fingerprint density at radius 3 is 2.15 bits per heavy atom. The third kappa shape index (κ3) is 4.97. The number of amides is 3. The fourth-order valence-corrected chi connectivity index (χ4v) is 2.91. The molecule has 0 bridgehead atoms. The molecule has 1 heterocycles. The van der Waals surface area contributed by atoms with Crippen LogP contribution in [0.5, 0.6) is 5.75 Å². The Bertz CT molecular complexity index is 667. The van der Waals surface area contributed by atoms with Gasteiger partial charge in [-0.3, -0.25) is 19.3 Å². The van der Waals surface area contributed by atoms with Crippen molar-refractivity contribution in [3.8, 4) is 5.75 Å². The quantitative estimate of drug-likeness (QED) is 0.797. The second kappa shape index (κ2) is 8.69. The number of anilines is 1. The number of piperazine rings is 1. The van der Waals surface area contributed by atoms with Gasteiger partial charge in [0.1, 0.15) is 12.3 Å². The van der Waals surface area contributed by atoms with Crippen LogP contribution in [0.3, 0.4) is 0 Å². The van der Waals surface area contributed by atoms with Gasteiger partial charge < -0.3 is 14.5 Å². The Hall–Kier alpha value is -2.57. The standard InChI is InChI=1S/C19H27N3O4/c1-14(2)26-18-8-6-5-7-17(18)22(16(4)24)13-19(25)21-11-9-20(10-12-21)15(3)23/h5-8,14H,9-13H2,1-4H3. The Kier molecular flexibility index (Phi) is 6.60. The lowest BCUT2D eigenvalue weighted by Crippen LogP contribution is -2.52. The zero-order chi connectivity index (χ0) is 19.3. The molecule has 1 aliphatic rings. The van der Waals surface area contributed by atoms with Gasteiger partial charge in [0.25, 0.3) is 0 Å². The lowest BCUT2D eigenvalue weighted by atomic mass is 10.2. The molecule has 142 valence electrons. The SMILES string of the molecule is CC(=O)N1CCN(C(=O)CN(C(C)=O)c2ccccc2OC(C)C)CC1. The van der Waals surface area contributed by atoms with Crippen LogP contribution in [0.2, 0.25) is 0 Å². The highest BCUT2D eigenvalue weighted by Gasteiger charge is 2.26. The number of benzene rings is 1. The van der Waals surface area contributed by atoms with E-state index in [1.807, 2.05) is 26.0 Å². The summed E-state index contributed by atoms with van der Waals surface area (Å²) in [5.74, 6) is 0.234. The van der Waals surface area contributed by atoms with E-state index in [4.69, 9.17) is 4.74 Å². The van der Waals surface area contributed by atoms with Crippen molar-refractivity contribution in [3.63, 3.8) is 0 Å². The van der Waals surface area contributed by atoms with E-state index in [9.17, 15) is 14.4 Å². The van der Waals surface area contributed by atoms with Gasteiger partial charge in [0.15, 0.2) is 0 Å². The summed E-state index contributed by atoms with van der Waals surface area (Å²) in [6.45, 7) is 8.75. The Morgan fingerprint density at radius 2 is 1.62 bits per heavy atom. The van der Waals surface area contributed by atoms with Crippen LogP contribution in [-0.4, -0.2) is 66.3 Å². The molecule has 26 heavy (non-hydrogen) atoms. The highest BCUT2D eigenvalue weighted by molar-refractivity contribution is 5.98. The summed E-state index contributed by atoms with van der Waals surface area (Å²) in [5, 5.41) is 0. The molecule has 0 spiro atoms. The number of nitrogens with zero attached hydrogens (tertiary/aromatic N) is 3. The summed E-state index contributed by atoms with van der Waals surface area (Å²) < 4.78 is 5.78. The molecule has 3 amide bonds. The molecule has 0 N–H and O–H groups in total. The van der Waals surface area contributed by atoms with E-state index in [-0.39, 0.29) is 30.4 Å². The van der Waals surface area contributed by atoms with Crippen molar-refractivity contribution in [2.45, 2.75) is 33.8 Å². The zero-order valence-electron chi connectivity index (χ0n) is 15.9. The minimum Gasteiger partial charge on any atom is -0.489 e. The van der Waals surface area contributed by atoms with Crippen LogP contribution < -0.4 is 9.64 Å². The average molecular weight is 361 g/mol. The van der Waals surface area contributed by atoms with Gasteiger partial charge in [-0.15, -0.1) is 0 Å². The number of hydrogen-bond donors (Lipinski definition) is 0. The maximum absolute atomic E-state index is 12.7. The lowest BCUT2D eigenvalue weighted by Gasteiger charge is -2.35. The van der Waals surface area contributed by atoms with Crippen LogP contribution in [0.25, 0.3) is 0 Å². The summed E-state index contributed by atoms with van der Waals surface area (Å²) in [4.78, 5) is 41.1. The number of hydrogen-bond acceptors (Lipinski definition) is 4. The number of carbonyl (C=O) groups is 3. The zero-order valence-corrected chi connectivity index (χ0v) is 15.9. The van der Waals surface area contributed by atoms with E-state index in [1.165, 1.54) is 18.7 Å². The molecule has 1 aromatic rings. The normalized spacial score (nSPS) is 14.3. The number of carbonyl (C=O) groups excluding carboxylic acids is 3. The van der Waals surface area contributed by atoms with E-state index in [2.05, 4.69) is 0 Å². The van der Waals surface area contributed by atoms with Gasteiger partial charge in [0.05, 0.1) is 11.8 Å². The molecule has 1 aromatic carbocycles. The van der Waals surface area contributed by atoms with Crippen molar-refractivity contribution in [3.05, 3.63) is 24.3 Å². The minimum absolute atomic E-state index is 0.0159.